The van der Waals surface area contributed by atoms with E-state index in [9.17, 15) is 4.79 Å². The molecule has 1 saturated heterocycles. The Morgan fingerprint density at radius 3 is 2.57 bits per heavy atom. The van der Waals surface area contributed by atoms with Gasteiger partial charge in [0.1, 0.15) is 6.61 Å². The highest BCUT2D eigenvalue weighted by molar-refractivity contribution is 9.10. The lowest BCUT2D eigenvalue weighted by Gasteiger charge is -2.17. The van der Waals surface area contributed by atoms with Crippen molar-refractivity contribution in [1.82, 2.24) is 0 Å². The summed E-state index contributed by atoms with van der Waals surface area (Å²) in [4.78, 5) is 13.0. The predicted molar refractivity (Wildman–Crippen MR) is 57.4 cm³/mol. The van der Waals surface area contributed by atoms with Gasteiger partial charge in [0.25, 0.3) is 0 Å². The van der Waals surface area contributed by atoms with E-state index >= 15 is 0 Å². The molecule has 0 bridgehead atoms. The Labute approximate surface area is 90.8 Å². The number of cyclic esters (lactones) is 1. The van der Waals surface area contributed by atoms with Crippen LogP contribution in [0.2, 0.25) is 0 Å². The minimum atomic E-state index is -0.264. The third-order valence-corrected chi connectivity index (χ3v) is 2.72. The minimum Gasteiger partial charge on any atom is -0.447 e. The highest BCUT2D eigenvalue weighted by atomic mass is 79.9. The maximum atomic E-state index is 11.4. The Morgan fingerprint density at radius 2 is 2.07 bits per heavy atom. The summed E-state index contributed by atoms with van der Waals surface area (Å²) in [5, 5.41) is 0. The Hall–Kier alpha value is -1.03. The molecule has 0 saturated carbocycles. The van der Waals surface area contributed by atoms with E-state index in [1.54, 1.807) is 4.90 Å². The van der Waals surface area contributed by atoms with Crippen molar-refractivity contribution in [3.8, 4) is 0 Å². The van der Waals surface area contributed by atoms with Gasteiger partial charge in [-0.2, -0.15) is 0 Å². The predicted octanol–water partition coefficient (Wildman–Crippen LogP) is 2.79. The number of nitrogens with zero attached hydrogens (tertiary/aromatic N) is 1. The highest BCUT2D eigenvalue weighted by Crippen LogP contribution is 2.24. The van der Waals surface area contributed by atoms with E-state index in [0.29, 0.717) is 6.61 Å². The Balaban J connectivity index is 2.30. The molecule has 1 aliphatic rings. The molecule has 1 atom stereocenters. The summed E-state index contributed by atoms with van der Waals surface area (Å²) in [6.45, 7) is 2.43. The van der Waals surface area contributed by atoms with Gasteiger partial charge < -0.3 is 4.74 Å². The highest BCUT2D eigenvalue weighted by Gasteiger charge is 2.30. The molecule has 0 radical (unpaired) electrons. The summed E-state index contributed by atoms with van der Waals surface area (Å²) in [6.07, 6.45) is -0.264. The average Bonchev–Trinajstić information content (AvgIpc) is 2.49. The number of anilines is 1. The number of rotatable bonds is 1. The summed E-state index contributed by atoms with van der Waals surface area (Å²) < 4.78 is 5.94. The van der Waals surface area contributed by atoms with E-state index in [1.807, 2.05) is 31.2 Å². The third-order valence-electron chi connectivity index (χ3n) is 2.19. The number of hydrogen-bond donors (Lipinski definition) is 0. The van der Waals surface area contributed by atoms with E-state index in [-0.39, 0.29) is 12.1 Å². The molecule has 74 valence electrons. The number of benzene rings is 1. The molecule has 1 heterocycles. The summed E-state index contributed by atoms with van der Waals surface area (Å²) in [7, 11) is 0. The van der Waals surface area contributed by atoms with Crippen molar-refractivity contribution in [1.29, 1.82) is 0 Å². The van der Waals surface area contributed by atoms with Crippen molar-refractivity contribution in [2.24, 2.45) is 0 Å². The molecule has 1 fully saturated rings. The Bertz CT molecular complexity index is 350. The zero-order valence-corrected chi connectivity index (χ0v) is 9.32. The van der Waals surface area contributed by atoms with Crippen molar-refractivity contribution >= 4 is 27.7 Å². The number of carbonyl (C=O) groups excluding carboxylic acids is 1. The van der Waals surface area contributed by atoms with Crippen LogP contribution < -0.4 is 4.90 Å². The monoisotopic (exact) mass is 255 g/mol. The first-order chi connectivity index (χ1) is 6.68. The van der Waals surface area contributed by atoms with Gasteiger partial charge in [-0.15, -0.1) is 0 Å². The summed E-state index contributed by atoms with van der Waals surface area (Å²) in [6, 6.07) is 7.73. The second kappa shape index (κ2) is 3.61. The van der Waals surface area contributed by atoms with Crippen LogP contribution in [0.5, 0.6) is 0 Å². The quantitative estimate of drug-likeness (QED) is 0.773. The van der Waals surface area contributed by atoms with Gasteiger partial charge in [0.15, 0.2) is 0 Å². The van der Waals surface area contributed by atoms with Crippen LogP contribution in [-0.4, -0.2) is 18.7 Å². The molecule has 1 amide bonds. The number of carbonyl (C=O) groups is 1. The van der Waals surface area contributed by atoms with Crippen molar-refractivity contribution in [2.75, 3.05) is 11.5 Å². The molecule has 1 aromatic carbocycles. The fraction of sp³-hybridized carbons (Fsp3) is 0.300. The molecule has 0 aliphatic carbocycles. The Kier molecular flexibility index (Phi) is 2.46. The lowest BCUT2D eigenvalue weighted by molar-refractivity contribution is 0.179. The minimum absolute atomic E-state index is 0.115. The molecule has 0 aromatic heterocycles. The van der Waals surface area contributed by atoms with Crippen molar-refractivity contribution in [3.05, 3.63) is 28.7 Å². The normalized spacial score (nSPS) is 21.1. The second-order valence-corrected chi connectivity index (χ2v) is 4.19. The lowest BCUT2D eigenvalue weighted by atomic mass is 10.2. The first kappa shape index (κ1) is 9.52. The SMILES string of the molecule is CC1COC(=O)N1c1ccc(Br)cc1. The molecule has 1 aromatic rings. The van der Waals surface area contributed by atoms with Crippen molar-refractivity contribution in [3.63, 3.8) is 0 Å². The summed E-state index contributed by atoms with van der Waals surface area (Å²) >= 11 is 3.35. The number of ether oxygens (including phenoxy) is 1. The van der Waals surface area contributed by atoms with Crippen molar-refractivity contribution in [2.45, 2.75) is 13.0 Å². The first-order valence-electron chi connectivity index (χ1n) is 4.40. The summed E-state index contributed by atoms with van der Waals surface area (Å²) in [5.41, 5.74) is 0.878. The molecule has 0 spiro atoms. The van der Waals surface area contributed by atoms with Crippen LogP contribution in [-0.2, 0) is 4.74 Å². The Morgan fingerprint density at radius 1 is 1.43 bits per heavy atom. The number of hydrogen-bond acceptors (Lipinski definition) is 2. The van der Waals surface area contributed by atoms with Crippen LogP contribution in [0.15, 0.2) is 28.7 Å². The molecule has 0 N–H and O–H groups in total. The average molecular weight is 256 g/mol. The fourth-order valence-corrected chi connectivity index (χ4v) is 1.74. The molecular weight excluding hydrogens is 246 g/mol. The standard InChI is InChI=1S/C10H10BrNO2/c1-7-6-14-10(13)12(7)9-4-2-8(11)3-5-9/h2-5,7H,6H2,1H3. The van der Waals surface area contributed by atoms with Gasteiger partial charge in [-0.3, -0.25) is 4.90 Å². The van der Waals surface area contributed by atoms with Crippen LogP contribution >= 0.6 is 15.9 Å². The van der Waals surface area contributed by atoms with Gasteiger partial charge in [-0.25, -0.2) is 4.79 Å². The van der Waals surface area contributed by atoms with E-state index < -0.39 is 0 Å². The van der Waals surface area contributed by atoms with E-state index in [0.717, 1.165) is 10.2 Å². The molecule has 3 nitrogen and oxygen atoms in total. The molecule has 2 rings (SSSR count). The third kappa shape index (κ3) is 1.62. The van der Waals surface area contributed by atoms with Crippen LogP contribution in [0.1, 0.15) is 6.92 Å². The molecule has 14 heavy (non-hydrogen) atoms. The van der Waals surface area contributed by atoms with Crippen LogP contribution in [0.25, 0.3) is 0 Å². The van der Waals surface area contributed by atoms with Crippen molar-refractivity contribution < 1.29 is 9.53 Å². The van der Waals surface area contributed by atoms with Crippen LogP contribution in [0.3, 0.4) is 0 Å². The lowest BCUT2D eigenvalue weighted by Crippen LogP contribution is -2.30. The van der Waals surface area contributed by atoms with Crippen LogP contribution in [0.4, 0.5) is 10.5 Å². The molecule has 1 unspecified atom stereocenters. The first-order valence-corrected chi connectivity index (χ1v) is 5.19. The van der Waals surface area contributed by atoms with E-state index in [4.69, 9.17) is 4.74 Å². The summed E-state index contributed by atoms with van der Waals surface area (Å²) in [5.74, 6) is 0. The van der Waals surface area contributed by atoms with Gasteiger partial charge in [-0.1, -0.05) is 15.9 Å². The topological polar surface area (TPSA) is 29.5 Å². The van der Waals surface area contributed by atoms with Gasteiger partial charge in [0, 0.05) is 10.2 Å². The van der Waals surface area contributed by atoms with Crippen LogP contribution in [0, 0.1) is 0 Å². The van der Waals surface area contributed by atoms with E-state index in [2.05, 4.69) is 15.9 Å². The fourth-order valence-electron chi connectivity index (χ4n) is 1.48. The molecular formula is C10H10BrNO2. The maximum absolute atomic E-state index is 11.4. The van der Waals surface area contributed by atoms with Gasteiger partial charge in [-0.05, 0) is 31.2 Å². The smallest absolute Gasteiger partial charge is 0.414 e. The van der Waals surface area contributed by atoms with Gasteiger partial charge in [0.05, 0.1) is 6.04 Å². The van der Waals surface area contributed by atoms with Gasteiger partial charge in [0.2, 0.25) is 0 Å². The number of halogens is 1. The number of amides is 1. The zero-order valence-electron chi connectivity index (χ0n) is 7.74. The molecule has 4 heteroatoms. The van der Waals surface area contributed by atoms with E-state index in [1.165, 1.54) is 0 Å². The molecule has 1 aliphatic heterocycles. The van der Waals surface area contributed by atoms with Gasteiger partial charge >= 0.3 is 6.09 Å². The second-order valence-electron chi connectivity index (χ2n) is 3.27. The zero-order chi connectivity index (χ0) is 10.1. The largest absolute Gasteiger partial charge is 0.447 e. The maximum Gasteiger partial charge on any atom is 0.414 e.